The molecule has 1 heterocycles. The summed E-state index contributed by atoms with van der Waals surface area (Å²) < 4.78 is 0. The Kier molecular flexibility index (Phi) is 2.79. The van der Waals surface area contributed by atoms with E-state index in [2.05, 4.69) is 37.4 Å². The standard InChI is InChI=1S/C16H16ClN/c1-10-6-13-9-16(18-15(13)7-11(10)2)12-4-3-5-14(17)8-12/h3-8,16,18H,9H2,1-2H3. The molecule has 1 unspecified atom stereocenters. The van der Waals surface area contributed by atoms with Gasteiger partial charge in [-0.25, -0.2) is 0 Å². The maximum Gasteiger partial charge on any atom is 0.0555 e. The molecule has 3 rings (SSSR count). The van der Waals surface area contributed by atoms with Gasteiger partial charge in [0.15, 0.2) is 0 Å². The van der Waals surface area contributed by atoms with E-state index in [1.165, 1.54) is 27.9 Å². The number of nitrogens with one attached hydrogen (secondary N) is 1. The van der Waals surface area contributed by atoms with Crippen LogP contribution in [0, 0.1) is 13.8 Å². The quantitative estimate of drug-likeness (QED) is 0.783. The van der Waals surface area contributed by atoms with Crippen LogP contribution in [0.3, 0.4) is 0 Å². The van der Waals surface area contributed by atoms with Crippen molar-refractivity contribution in [1.82, 2.24) is 0 Å². The first-order valence-corrected chi connectivity index (χ1v) is 6.63. The van der Waals surface area contributed by atoms with Crippen molar-refractivity contribution in [2.75, 3.05) is 5.32 Å². The van der Waals surface area contributed by atoms with E-state index in [1.807, 2.05) is 18.2 Å². The molecule has 0 aromatic heterocycles. The maximum absolute atomic E-state index is 6.06. The van der Waals surface area contributed by atoms with Gasteiger partial charge in [-0.3, -0.25) is 0 Å². The number of hydrogen-bond donors (Lipinski definition) is 1. The zero-order valence-electron chi connectivity index (χ0n) is 10.6. The molecule has 0 bridgehead atoms. The third kappa shape index (κ3) is 1.99. The van der Waals surface area contributed by atoms with E-state index in [0.29, 0.717) is 6.04 Å². The summed E-state index contributed by atoms with van der Waals surface area (Å²) in [5.41, 5.74) is 6.63. The molecule has 0 spiro atoms. The van der Waals surface area contributed by atoms with Gasteiger partial charge in [-0.2, -0.15) is 0 Å². The Labute approximate surface area is 113 Å². The summed E-state index contributed by atoms with van der Waals surface area (Å²) >= 11 is 6.06. The van der Waals surface area contributed by atoms with E-state index in [-0.39, 0.29) is 0 Å². The predicted molar refractivity (Wildman–Crippen MR) is 77.4 cm³/mol. The summed E-state index contributed by atoms with van der Waals surface area (Å²) in [5.74, 6) is 0. The average Bonchev–Trinajstić information content (AvgIpc) is 2.73. The number of hydrogen-bond acceptors (Lipinski definition) is 1. The first-order chi connectivity index (χ1) is 8.63. The van der Waals surface area contributed by atoms with Crippen LogP contribution >= 0.6 is 11.6 Å². The van der Waals surface area contributed by atoms with Crippen molar-refractivity contribution in [3.05, 3.63) is 63.7 Å². The zero-order valence-corrected chi connectivity index (χ0v) is 11.4. The fraction of sp³-hybridized carbons (Fsp3) is 0.250. The van der Waals surface area contributed by atoms with Crippen LogP contribution in [0.2, 0.25) is 5.02 Å². The van der Waals surface area contributed by atoms with Crippen molar-refractivity contribution < 1.29 is 0 Å². The molecule has 0 radical (unpaired) electrons. The third-order valence-electron chi connectivity index (χ3n) is 3.72. The largest absolute Gasteiger partial charge is 0.378 e. The van der Waals surface area contributed by atoms with Crippen molar-refractivity contribution >= 4 is 17.3 Å². The van der Waals surface area contributed by atoms with Gasteiger partial charge in [0.25, 0.3) is 0 Å². The van der Waals surface area contributed by atoms with Gasteiger partial charge in [0.1, 0.15) is 0 Å². The lowest BCUT2D eigenvalue weighted by Crippen LogP contribution is -2.05. The molecule has 0 saturated heterocycles. The van der Waals surface area contributed by atoms with Crippen molar-refractivity contribution in [3.63, 3.8) is 0 Å². The van der Waals surface area contributed by atoms with E-state index in [4.69, 9.17) is 11.6 Å². The lowest BCUT2D eigenvalue weighted by Gasteiger charge is -2.11. The molecule has 2 heteroatoms. The molecule has 0 amide bonds. The van der Waals surface area contributed by atoms with Crippen molar-refractivity contribution in [2.45, 2.75) is 26.3 Å². The molecule has 2 aromatic carbocycles. The smallest absolute Gasteiger partial charge is 0.0555 e. The highest BCUT2D eigenvalue weighted by atomic mass is 35.5. The van der Waals surface area contributed by atoms with E-state index in [1.54, 1.807) is 0 Å². The first kappa shape index (κ1) is 11.6. The van der Waals surface area contributed by atoms with Crippen LogP contribution in [0.5, 0.6) is 0 Å². The zero-order chi connectivity index (χ0) is 12.7. The summed E-state index contributed by atoms with van der Waals surface area (Å²) in [5, 5.41) is 4.39. The van der Waals surface area contributed by atoms with E-state index in [0.717, 1.165) is 11.4 Å². The summed E-state index contributed by atoms with van der Waals surface area (Å²) in [6, 6.07) is 13.0. The van der Waals surface area contributed by atoms with Crippen LogP contribution in [-0.2, 0) is 6.42 Å². The Morgan fingerprint density at radius 3 is 2.67 bits per heavy atom. The molecule has 0 saturated carbocycles. The van der Waals surface area contributed by atoms with Crippen LogP contribution in [0.1, 0.15) is 28.3 Å². The maximum atomic E-state index is 6.06. The lowest BCUT2D eigenvalue weighted by molar-refractivity contribution is 0.824. The molecule has 2 aromatic rings. The van der Waals surface area contributed by atoms with Gasteiger partial charge >= 0.3 is 0 Å². The molecular formula is C16H16ClN. The second kappa shape index (κ2) is 4.33. The van der Waals surface area contributed by atoms with Crippen LogP contribution in [0.15, 0.2) is 36.4 Å². The van der Waals surface area contributed by atoms with Gasteiger partial charge < -0.3 is 5.32 Å². The van der Waals surface area contributed by atoms with Crippen LogP contribution in [0.25, 0.3) is 0 Å². The molecule has 1 N–H and O–H groups in total. The normalized spacial score (nSPS) is 17.4. The number of benzene rings is 2. The molecule has 92 valence electrons. The molecule has 0 aliphatic carbocycles. The number of anilines is 1. The highest BCUT2D eigenvalue weighted by Crippen LogP contribution is 2.36. The molecule has 1 atom stereocenters. The SMILES string of the molecule is Cc1cc2c(cc1C)NC(c1cccc(Cl)c1)C2. The minimum atomic E-state index is 0.347. The monoisotopic (exact) mass is 257 g/mol. The predicted octanol–water partition coefficient (Wildman–Crippen LogP) is 4.67. The fourth-order valence-corrected chi connectivity index (χ4v) is 2.76. The van der Waals surface area contributed by atoms with Crippen LogP contribution in [0.4, 0.5) is 5.69 Å². The Hall–Kier alpha value is -1.47. The van der Waals surface area contributed by atoms with Gasteiger partial charge in [0.2, 0.25) is 0 Å². The third-order valence-corrected chi connectivity index (χ3v) is 3.96. The average molecular weight is 258 g/mol. The second-order valence-corrected chi connectivity index (χ2v) is 5.49. The van der Waals surface area contributed by atoms with Crippen molar-refractivity contribution in [3.8, 4) is 0 Å². The topological polar surface area (TPSA) is 12.0 Å². The first-order valence-electron chi connectivity index (χ1n) is 6.25. The van der Waals surface area contributed by atoms with E-state index >= 15 is 0 Å². The number of aryl methyl sites for hydroxylation is 2. The number of halogens is 1. The van der Waals surface area contributed by atoms with Gasteiger partial charge in [0, 0.05) is 10.7 Å². The summed E-state index contributed by atoms with van der Waals surface area (Å²) in [4.78, 5) is 0. The Balaban J connectivity index is 1.93. The summed E-state index contributed by atoms with van der Waals surface area (Å²) in [7, 11) is 0. The number of fused-ring (bicyclic) bond motifs is 1. The van der Waals surface area contributed by atoms with E-state index < -0.39 is 0 Å². The van der Waals surface area contributed by atoms with Gasteiger partial charge in [-0.15, -0.1) is 0 Å². The van der Waals surface area contributed by atoms with Gasteiger partial charge in [-0.05, 0) is 60.7 Å². The van der Waals surface area contributed by atoms with Crippen LogP contribution in [-0.4, -0.2) is 0 Å². The minimum absolute atomic E-state index is 0.347. The van der Waals surface area contributed by atoms with E-state index in [9.17, 15) is 0 Å². The lowest BCUT2D eigenvalue weighted by atomic mass is 10.0. The summed E-state index contributed by atoms with van der Waals surface area (Å²) in [6.07, 6.45) is 1.04. The molecular weight excluding hydrogens is 242 g/mol. The Morgan fingerprint density at radius 1 is 1.11 bits per heavy atom. The minimum Gasteiger partial charge on any atom is -0.378 e. The van der Waals surface area contributed by atoms with Gasteiger partial charge in [0.05, 0.1) is 6.04 Å². The molecule has 1 aliphatic rings. The second-order valence-electron chi connectivity index (χ2n) is 5.05. The summed E-state index contributed by atoms with van der Waals surface area (Å²) in [6.45, 7) is 4.33. The van der Waals surface area contributed by atoms with Crippen LogP contribution < -0.4 is 5.32 Å². The Morgan fingerprint density at radius 2 is 1.89 bits per heavy atom. The fourth-order valence-electron chi connectivity index (χ4n) is 2.56. The highest BCUT2D eigenvalue weighted by molar-refractivity contribution is 6.30. The molecule has 18 heavy (non-hydrogen) atoms. The number of rotatable bonds is 1. The highest BCUT2D eigenvalue weighted by Gasteiger charge is 2.22. The molecule has 1 nitrogen and oxygen atoms in total. The Bertz CT molecular complexity index is 573. The molecule has 1 aliphatic heterocycles. The van der Waals surface area contributed by atoms with Crippen molar-refractivity contribution in [2.24, 2.45) is 0 Å². The molecule has 0 fully saturated rings. The van der Waals surface area contributed by atoms with Crippen molar-refractivity contribution in [1.29, 1.82) is 0 Å². The van der Waals surface area contributed by atoms with Gasteiger partial charge in [-0.1, -0.05) is 29.8 Å².